The van der Waals surface area contributed by atoms with Crippen molar-refractivity contribution in [1.29, 1.82) is 0 Å². The molecule has 0 aliphatic carbocycles. The third kappa shape index (κ3) is 5.72. The first-order valence-electron chi connectivity index (χ1n) is 6.16. The van der Waals surface area contributed by atoms with Gasteiger partial charge in [0.2, 0.25) is 5.91 Å². The lowest BCUT2D eigenvalue weighted by Gasteiger charge is -2.23. The van der Waals surface area contributed by atoms with E-state index in [0.717, 1.165) is 30.8 Å². The summed E-state index contributed by atoms with van der Waals surface area (Å²) in [7, 11) is 0. The average Bonchev–Trinajstić information content (AvgIpc) is 2.39. The van der Waals surface area contributed by atoms with E-state index in [9.17, 15) is 4.79 Å². The molecule has 0 unspecified atom stereocenters. The molecule has 0 spiro atoms. The molecule has 1 aliphatic heterocycles. The maximum Gasteiger partial charge on any atom is 0.230 e. The topological polar surface area (TPSA) is 61.4 Å². The van der Waals surface area contributed by atoms with Gasteiger partial charge in [-0.25, -0.2) is 0 Å². The lowest BCUT2D eigenvalue weighted by molar-refractivity contribution is -0.119. The van der Waals surface area contributed by atoms with Crippen LogP contribution in [0.25, 0.3) is 0 Å². The van der Waals surface area contributed by atoms with E-state index in [0.29, 0.717) is 11.8 Å². The zero-order chi connectivity index (χ0) is 12.8. The molecule has 1 amide bonds. The first-order valence-corrected chi connectivity index (χ1v) is 7.14. The van der Waals surface area contributed by atoms with Gasteiger partial charge >= 0.3 is 0 Å². The highest BCUT2D eigenvalue weighted by atomic mass is 35.5. The van der Waals surface area contributed by atoms with E-state index in [4.69, 9.17) is 5.11 Å². The molecule has 0 saturated carbocycles. The van der Waals surface area contributed by atoms with Crippen molar-refractivity contribution in [3.05, 3.63) is 24.3 Å². The monoisotopic (exact) mass is 302 g/mol. The van der Waals surface area contributed by atoms with Gasteiger partial charge in [-0.15, -0.1) is 24.2 Å². The summed E-state index contributed by atoms with van der Waals surface area (Å²) in [6.45, 7) is 1.96. The fourth-order valence-corrected chi connectivity index (χ4v) is 2.64. The smallest absolute Gasteiger partial charge is 0.230 e. The summed E-state index contributed by atoms with van der Waals surface area (Å²) >= 11 is 1.49. The average molecular weight is 303 g/mol. The number of halogens is 1. The van der Waals surface area contributed by atoms with Crippen molar-refractivity contribution in [3.8, 4) is 5.75 Å². The molecule has 1 aliphatic rings. The van der Waals surface area contributed by atoms with Crippen LogP contribution in [0.5, 0.6) is 5.75 Å². The van der Waals surface area contributed by atoms with Gasteiger partial charge in [0.25, 0.3) is 0 Å². The fourth-order valence-electron chi connectivity index (χ4n) is 1.93. The summed E-state index contributed by atoms with van der Waals surface area (Å²) in [5, 5.41) is 15.5. The molecule has 0 radical (unpaired) electrons. The molecule has 0 aromatic heterocycles. The molecule has 1 heterocycles. The van der Waals surface area contributed by atoms with Crippen LogP contribution in [0.1, 0.15) is 12.8 Å². The lowest BCUT2D eigenvalue weighted by atomic mass is 10.1. The number of phenolic OH excluding ortho intramolecular Hbond substituents is 1. The van der Waals surface area contributed by atoms with Crippen molar-refractivity contribution < 1.29 is 9.90 Å². The number of rotatable bonds is 4. The van der Waals surface area contributed by atoms with Crippen LogP contribution in [0.2, 0.25) is 0 Å². The summed E-state index contributed by atoms with van der Waals surface area (Å²) in [4.78, 5) is 12.7. The second-order valence-electron chi connectivity index (χ2n) is 4.37. The molecular weight excluding hydrogens is 284 g/mol. The number of aromatic hydroxyl groups is 1. The molecule has 4 nitrogen and oxygen atoms in total. The van der Waals surface area contributed by atoms with Crippen LogP contribution in [-0.2, 0) is 4.79 Å². The molecule has 1 aromatic rings. The molecule has 6 heteroatoms. The van der Waals surface area contributed by atoms with E-state index in [1.807, 2.05) is 12.1 Å². The predicted molar refractivity (Wildman–Crippen MR) is 80.1 cm³/mol. The summed E-state index contributed by atoms with van der Waals surface area (Å²) in [5.74, 6) is 0.757. The number of carbonyl (C=O) groups excluding carboxylic acids is 1. The van der Waals surface area contributed by atoms with Crippen molar-refractivity contribution in [2.24, 2.45) is 0 Å². The highest BCUT2D eigenvalue weighted by Crippen LogP contribution is 2.20. The van der Waals surface area contributed by atoms with Crippen LogP contribution in [0.4, 0.5) is 0 Å². The van der Waals surface area contributed by atoms with Gasteiger partial charge < -0.3 is 15.7 Å². The van der Waals surface area contributed by atoms with Crippen molar-refractivity contribution in [1.82, 2.24) is 10.6 Å². The number of hydrogen-bond donors (Lipinski definition) is 3. The molecule has 19 heavy (non-hydrogen) atoms. The molecule has 0 bridgehead atoms. The number of benzene rings is 1. The summed E-state index contributed by atoms with van der Waals surface area (Å²) < 4.78 is 0. The molecule has 2 rings (SSSR count). The minimum Gasteiger partial charge on any atom is -0.508 e. The predicted octanol–water partition coefficient (Wildman–Crippen LogP) is 1.77. The Morgan fingerprint density at radius 1 is 1.32 bits per heavy atom. The number of piperidine rings is 1. The molecule has 0 atom stereocenters. The molecule has 1 saturated heterocycles. The molecule has 106 valence electrons. The summed E-state index contributed by atoms with van der Waals surface area (Å²) in [6.07, 6.45) is 2.02. The van der Waals surface area contributed by atoms with Crippen molar-refractivity contribution in [2.75, 3.05) is 18.8 Å². The van der Waals surface area contributed by atoms with Crippen LogP contribution in [-0.4, -0.2) is 35.9 Å². The third-order valence-corrected chi connectivity index (χ3v) is 3.92. The second-order valence-corrected chi connectivity index (χ2v) is 5.42. The van der Waals surface area contributed by atoms with Crippen LogP contribution >= 0.6 is 24.2 Å². The van der Waals surface area contributed by atoms with Gasteiger partial charge in [0.1, 0.15) is 5.75 Å². The van der Waals surface area contributed by atoms with E-state index in [2.05, 4.69) is 10.6 Å². The number of amides is 1. The number of carbonyl (C=O) groups is 1. The Kier molecular flexibility index (Phi) is 7.05. The third-order valence-electron chi connectivity index (χ3n) is 2.91. The van der Waals surface area contributed by atoms with Crippen molar-refractivity contribution >= 4 is 30.1 Å². The highest BCUT2D eigenvalue weighted by molar-refractivity contribution is 8.00. The van der Waals surface area contributed by atoms with Crippen molar-refractivity contribution in [2.45, 2.75) is 23.8 Å². The Morgan fingerprint density at radius 3 is 2.58 bits per heavy atom. The Bertz CT molecular complexity index is 394. The van der Waals surface area contributed by atoms with Gasteiger partial charge in [0.15, 0.2) is 0 Å². The maximum atomic E-state index is 11.7. The molecule has 1 aromatic carbocycles. The maximum absolute atomic E-state index is 11.7. The SMILES string of the molecule is Cl.O=C(CSc1ccc(O)cc1)NC1CCNCC1. The Labute approximate surface area is 123 Å². The largest absolute Gasteiger partial charge is 0.508 e. The van der Waals surface area contributed by atoms with E-state index in [1.54, 1.807) is 12.1 Å². The van der Waals surface area contributed by atoms with E-state index < -0.39 is 0 Å². The Hall–Kier alpha value is -0.910. The standard InChI is InChI=1S/C13H18N2O2S.ClH/c16-11-1-3-12(4-2-11)18-9-13(17)15-10-5-7-14-8-6-10;/h1-4,10,14,16H,5-9H2,(H,15,17);1H. The van der Waals surface area contributed by atoms with E-state index in [-0.39, 0.29) is 24.1 Å². The molecule has 1 fully saturated rings. The number of phenols is 1. The second kappa shape index (κ2) is 8.30. The fraction of sp³-hybridized carbons (Fsp3) is 0.462. The Morgan fingerprint density at radius 2 is 1.95 bits per heavy atom. The van der Waals surface area contributed by atoms with Gasteiger partial charge in [-0.2, -0.15) is 0 Å². The first kappa shape index (κ1) is 16.1. The van der Waals surface area contributed by atoms with Gasteiger partial charge in [-0.3, -0.25) is 4.79 Å². The lowest BCUT2D eigenvalue weighted by Crippen LogP contribution is -2.43. The zero-order valence-corrected chi connectivity index (χ0v) is 12.2. The van der Waals surface area contributed by atoms with Gasteiger partial charge in [0.05, 0.1) is 5.75 Å². The number of hydrogen-bond acceptors (Lipinski definition) is 4. The highest BCUT2D eigenvalue weighted by Gasteiger charge is 2.15. The minimum absolute atomic E-state index is 0. The van der Waals surface area contributed by atoms with Gasteiger partial charge in [-0.05, 0) is 50.2 Å². The van der Waals surface area contributed by atoms with E-state index >= 15 is 0 Å². The summed E-state index contributed by atoms with van der Waals surface area (Å²) in [6, 6.07) is 7.22. The quantitative estimate of drug-likeness (QED) is 0.742. The zero-order valence-electron chi connectivity index (χ0n) is 10.6. The van der Waals surface area contributed by atoms with Gasteiger partial charge in [-0.1, -0.05) is 0 Å². The normalized spacial score (nSPS) is 15.6. The number of thioether (sulfide) groups is 1. The van der Waals surface area contributed by atoms with Crippen LogP contribution in [0.15, 0.2) is 29.2 Å². The van der Waals surface area contributed by atoms with Crippen LogP contribution in [0.3, 0.4) is 0 Å². The first-order chi connectivity index (χ1) is 8.74. The van der Waals surface area contributed by atoms with Gasteiger partial charge in [0, 0.05) is 10.9 Å². The van der Waals surface area contributed by atoms with Crippen LogP contribution < -0.4 is 10.6 Å². The minimum atomic E-state index is 0. The number of nitrogens with one attached hydrogen (secondary N) is 2. The molecule has 3 N–H and O–H groups in total. The van der Waals surface area contributed by atoms with E-state index in [1.165, 1.54) is 11.8 Å². The Balaban J connectivity index is 0.00000180. The van der Waals surface area contributed by atoms with Crippen LogP contribution in [0, 0.1) is 0 Å². The summed E-state index contributed by atoms with van der Waals surface area (Å²) in [5.41, 5.74) is 0. The van der Waals surface area contributed by atoms with Crippen molar-refractivity contribution in [3.63, 3.8) is 0 Å². The molecular formula is C13H19ClN2O2S.